The van der Waals surface area contributed by atoms with Gasteiger partial charge in [0.25, 0.3) is 10.1 Å². The smallest absolute Gasteiger partial charge is 0.267 e. The first-order chi connectivity index (χ1) is 9.78. The Morgan fingerprint density at radius 3 is 2.10 bits per heavy atom. The number of nitrogens with zero attached hydrogens (tertiary/aromatic N) is 1. The minimum atomic E-state index is -4.21. The molecule has 7 nitrogen and oxygen atoms in total. The summed E-state index contributed by atoms with van der Waals surface area (Å²) in [7, 11) is -1.15. The van der Waals surface area contributed by atoms with Gasteiger partial charge in [-0.3, -0.25) is 4.55 Å². The van der Waals surface area contributed by atoms with Crippen LogP contribution in [0.2, 0.25) is 0 Å². The van der Waals surface area contributed by atoms with Gasteiger partial charge in [0.1, 0.15) is 17.3 Å². The third-order valence-corrected chi connectivity index (χ3v) is 3.72. The molecule has 0 aliphatic rings. The van der Waals surface area contributed by atoms with Gasteiger partial charge in [-0.05, 0) is 6.92 Å². The third kappa shape index (κ3) is 5.78. The first-order valence-corrected chi connectivity index (χ1v) is 8.01. The van der Waals surface area contributed by atoms with E-state index < -0.39 is 22.0 Å². The number of benzene rings is 1. The van der Waals surface area contributed by atoms with Gasteiger partial charge >= 0.3 is 0 Å². The Labute approximate surface area is 124 Å². The molecule has 0 fully saturated rings. The van der Waals surface area contributed by atoms with Crippen LogP contribution < -0.4 is 14.4 Å². The summed E-state index contributed by atoms with van der Waals surface area (Å²) in [6, 6.07) is 5.23. The van der Waals surface area contributed by atoms with Gasteiger partial charge in [0.05, 0.1) is 20.3 Å². The van der Waals surface area contributed by atoms with Gasteiger partial charge in [-0.15, -0.1) is 0 Å². The van der Waals surface area contributed by atoms with Crippen molar-refractivity contribution in [2.24, 2.45) is 0 Å². The molecule has 0 spiro atoms. The number of aliphatic hydroxyl groups is 1. The van der Waals surface area contributed by atoms with Crippen LogP contribution in [0.25, 0.3) is 0 Å². The average Bonchev–Trinajstić information content (AvgIpc) is 2.42. The predicted molar refractivity (Wildman–Crippen MR) is 79.9 cm³/mol. The highest BCUT2D eigenvalue weighted by atomic mass is 32.2. The number of hydrogen-bond acceptors (Lipinski definition) is 6. The predicted octanol–water partition coefficient (Wildman–Crippen LogP) is 0.779. The normalized spacial score (nSPS) is 12.8. The van der Waals surface area contributed by atoms with E-state index in [1.807, 2.05) is 6.92 Å². The van der Waals surface area contributed by atoms with E-state index >= 15 is 0 Å². The summed E-state index contributed by atoms with van der Waals surface area (Å²) in [4.78, 5) is 1.76. The largest absolute Gasteiger partial charge is 0.497 e. The number of aliphatic hydroxyl groups excluding tert-OH is 1. The van der Waals surface area contributed by atoms with Crippen molar-refractivity contribution in [3.05, 3.63) is 18.2 Å². The van der Waals surface area contributed by atoms with Gasteiger partial charge in [0, 0.05) is 37.0 Å². The van der Waals surface area contributed by atoms with Crippen molar-refractivity contribution >= 4 is 15.8 Å². The molecular formula is C13H21NO6S. The van der Waals surface area contributed by atoms with Crippen LogP contribution in [0.1, 0.15) is 6.92 Å². The molecule has 0 unspecified atom stereocenters. The van der Waals surface area contributed by atoms with E-state index in [0.717, 1.165) is 5.69 Å². The minimum Gasteiger partial charge on any atom is -0.497 e. The van der Waals surface area contributed by atoms with Crippen LogP contribution in [0.3, 0.4) is 0 Å². The molecule has 0 heterocycles. The second kappa shape index (κ2) is 7.48. The van der Waals surface area contributed by atoms with Crippen LogP contribution >= 0.6 is 0 Å². The van der Waals surface area contributed by atoms with E-state index in [1.165, 1.54) is 14.2 Å². The van der Waals surface area contributed by atoms with Crippen LogP contribution in [0.5, 0.6) is 11.5 Å². The Balaban J connectivity index is 2.94. The maximum atomic E-state index is 10.8. The van der Waals surface area contributed by atoms with Crippen molar-refractivity contribution in [2.45, 2.75) is 13.0 Å². The number of hydrogen-bond donors (Lipinski definition) is 2. The number of ether oxygens (including phenoxy) is 2. The summed E-state index contributed by atoms with van der Waals surface area (Å²) in [6.45, 7) is 2.47. The van der Waals surface area contributed by atoms with Gasteiger partial charge in [0.2, 0.25) is 0 Å². The third-order valence-electron chi connectivity index (χ3n) is 2.92. The quantitative estimate of drug-likeness (QED) is 0.683. The molecule has 0 aromatic heterocycles. The van der Waals surface area contributed by atoms with Crippen molar-refractivity contribution in [3.8, 4) is 11.5 Å². The summed E-state index contributed by atoms with van der Waals surface area (Å²) in [5.74, 6) is 0.476. The average molecular weight is 319 g/mol. The lowest BCUT2D eigenvalue weighted by atomic mass is 10.2. The second-order valence-electron chi connectivity index (χ2n) is 4.51. The van der Waals surface area contributed by atoms with Gasteiger partial charge < -0.3 is 19.5 Å². The molecule has 1 aromatic rings. The number of rotatable bonds is 8. The topological polar surface area (TPSA) is 96.3 Å². The lowest BCUT2D eigenvalue weighted by Crippen LogP contribution is -2.36. The molecule has 1 rings (SSSR count). The molecule has 120 valence electrons. The van der Waals surface area contributed by atoms with Crippen LogP contribution in [0.15, 0.2) is 18.2 Å². The van der Waals surface area contributed by atoms with Gasteiger partial charge in [0.15, 0.2) is 0 Å². The molecule has 2 N–H and O–H groups in total. The first-order valence-electron chi connectivity index (χ1n) is 6.40. The highest BCUT2D eigenvalue weighted by Crippen LogP contribution is 2.28. The molecule has 0 amide bonds. The summed E-state index contributed by atoms with van der Waals surface area (Å²) >= 11 is 0. The molecular weight excluding hydrogens is 298 g/mol. The summed E-state index contributed by atoms with van der Waals surface area (Å²) in [5.41, 5.74) is 0.725. The Hall–Kier alpha value is -1.51. The fourth-order valence-electron chi connectivity index (χ4n) is 1.94. The fraction of sp³-hybridized carbons (Fsp3) is 0.538. The van der Waals surface area contributed by atoms with E-state index in [1.54, 1.807) is 23.1 Å². The van der Waals surface area contributed by atoms with Gasteiger partial charge in [-0.1, -0.05) is 0 Å². The molecule has 0 bridgehead atoms. The van der Waals surface area contributed by atoms with Gasteiger partial charge in [-0.25, -0.2) is 0 Å². The Bertz CT molecular complexity index is 538. The Morgan fingerprint density at radius 1 is 1.19 bits per heavy atom. The van der Waals surface area contributed by atoms with Crippen LogP contribution in [0.4, 0.5) is 5.69 Å². The highest BCUT2D eigenvalue weighted by Gasteiger charge is 2.18. The maximum Gasteiger partial charge on any atom is 0.267 e. The molecule has 21 heavy (non-hydrogen) atoms. The van der Waals surface area contributed by atoms with E-state index in [0.29, 0.717) is 18.0 Å². The molecule has 0 saturated carbocycles. The number of methoxy groups -OCH3 is 2. The lowest BCUT2D eigenvalue weighted by molar-refractivity contribution is 0.200. The van der Waals surface area contributed by atoms with Crippen molar-refractivity contribution in [1.29, 1.82) is 0 Å². The van der Waals surface area contributed by atoms with Gasteiger partial charge in [-0.2, -0.15) is 8.42 Å². The highest BCUT2D eigenvalue weighted by molar-refractivity contribution is 7.85. The van der Waals surface area contributed by atoms with Crippen LogP contribution in [-0.2, 0) is 10.1 Å². The van der Waals surface area contributed by atoms with Crippen molar-refractivity contribution in [2.75, 3.05) is 38.0 Å². The monoisotopic (exact) mass is 319 g/mol. The maximum absolute atomic E-state index is 10.8. The minimum absolute atomic E-state index is 0.0621. The van der Waals surface area contributed by atoms with E-state index in [4.69, 9.17) is 14.0 Å². The summed E-state index contributed by atoms with van der Waals surface area (Å²) < 4.78 is 40.7. The Kier molecular flexibility index (Phi) is 6.25. The SMILES string of the molecule is CCN(C[C@@H](O)CS(=O)(=O)O)c1cc(OC)cc(OC)c1. The van der Waals surface area contributed by atoms with E-state index in [-0.39, 0.29) is 6.54 Å². The number of likely N-dealkylation sites (N-methyl/N-ethyl adjacent to an activating group) is 1. The molecule has 8 heteroatoms. The standard InChI is InChI=1S/C13H21NO6S/c1-4-14(8-11(15)9-21(16,17)18)10-5-12(19-2)7-13(6-10)20-3/h5-7,11,15H,4,8-9H2,1-3H3,(H,16,17,18)/t11-/m1/s1. The molecule has 0 aliphatic carbocycles. The zero-order chi connectivity index (χ0) is 16.0. The van der Waals surface area contributed by atoms with Crippen molar-refractivity contribution < 1.29 is 27.6 Å². The van der Waals surface area contributed by atoms with Crippen LogP contribution in [0, 0.1) is 0 Å². The molecule has 0 radical (unpaired) electrons. The summed E-state index contributed by atoms with van der Waals surface area (Å²) in [6.07, 6.45) is -1.20. The Morgan fingerprint density at radius 2 is 1.71 bits per heavy atom. The number of anilines is 1. The van der Waals surface area contributed by atoms with Crippen molar-refractivity contribution in [3.63, 3.8) is 0 Å². The van der Waals surface area contributed by atoms with Crippen LogP contribution in [-0.4, -0.2) is 57.2 Å². The molecule has 1 aromatic carbocycles. The zero-order valence-corrected chi connectivity index (χ0v) is 13.1. The van der Waals surface area contributed by atoms with Crippen molar-refractivity contribution in [1.82, 2.24) is 0 Å². The molecule has 0 saturated heterocycles. The lowest BCUT2D eigenvalue weighted by Gasteiger charge is -2.26. The first kappa shape index (κ1) is 17.5. The fourth-order valence-corrected chi connectivity index (χ4v) is 2.53. The zero-order valence-electron chi connectivity index (χ0n) is 12.3. The van der Waals surface area contributed by atoms with E-state index in [9.17, 15) is 13.5 Å². The summed E-state index contributed by atoms with van der Waals surface area (Å²) in [5, 5.41) is 9.76. The van der Waals surface area contributed by atoms with E-state index in [2.05, 4.69) is 0 Å². The molecule has 0 aliphatic heterocycles. The second-order valence-corrected chi connectivity index (χ2v) is 6.01. The molecule has 1 atom stereocenters.